The Morgan fingerprint density at radius 2 is 1.88 bits per heavy atom. The summed E-state index contributed by atoms with van der Waals surface area (Å²) in [5, 5.41) is 3.04. The van der Waals surface area contributed by atoms with Crippen LogP contribution in [0.1, 0.15) is 44.1 Å². The minimum atomic E-state index is 0.0195. The number of benzene rings is 1. The van der Waals surface area contributed by atoms with Crippen LogP contribution in [-0.4, -0.2) is 33.2 Å². The lowest BCUT2D eigenvalue weighted by Crippen LogP contribution is -2.39. The van der Waals surface area contributed by atoms with Crippen LogP contribution in [0, 0.1) is 5.41 Å². The van der Waals surface area contributed by atoms with E-state index in [9.17, 15) is 4.79 Å². The molecule has 1 aliphatic carbocycles. The molecule has 1 aromatic rings. The number of carbonyl (C=O) groups excluding carboxylic acids is 1. The van der Waals surface area contributed by atoms with Crippen LogP contribution in [0.3, 0.4) is 0 Å². The summed E-state index contributed by atoms with van der Waals surface area (Å²) in [6.45, 7) is 1.23. The van der Waals surface area contributed by atoms with Gasteiger partial charge in [-0.05, 0) is 48.9 Å². The first-order valence-electron chi connectivity index (χ1n) is 8.80. The van der Waals surface area contributed by atoms with E-state index in [0.29, 0.717) is 31.0 Å². The second-order valence-electron chi connectivity index (χ2n) is 6.73. The Hall–Kier alpha value is -1.75. The molecular weight excluding hydrogens is 304 g/mol. The zero-order valence-electron chi connectivity index (χ0n) is 14.9. The fourth-order valence-electron chi connectivity index (χ4n) is 3.54. The van der Waals surface area contributed by atoms with Crippen molar-refractivity contribution >= 4 is 5.91 Å². The van der Waals surface area contributed by atoms with Gasteiger partial charge in [-0.25, -0.2) is 0 Å². The maximum atomic E-state index is 12.3. The van der Waals surface area contributed by atoms with Gasteiger partial charge in [-0.2, -0.15) is 0 Å². The minimum absolute atomic E-state index is 0.0195. The van der Waals surface area contributed by atoms with E-state index < -0.39 is 0 Å². The largest absolute Gasteiger partial charge is 0.493 e. The summed E-state index contributed by atoms with van der Waals surface area (Å²) in [5.74, 6) is 1.54. The molecule has 0 aromatic heterocycles. The van der Waals surface area contributed by atoms with Crippen molar-refractivity contribution in [2.75, 3.05) is 27.3 Å². The van der Waals surface area contributed by atoms with Crippen molar-refractivity contribution < 1.29 is 14.3 Å². The molecule has 0 unspecified atom stereocenters. The summed E-state index contributed by atoms with van der Waals surface area (Å²) in [6, 6.07) is 5.84. The maximum Gasteiger partial charge on any atom is 0.220 e. The molecule has 0 aliphatic heterocycles. The Morgan fingerprint density at radius 3 is 2.50 bits per heavy atom. The molecule has 1 aliphatic rings. The first kappa shape index (κ1) is 18.6. The van der Waals surface area contributed by atoms with Crippen LogP contribution in [0.25, 0.3) is 0 Å². The Balaban J connectivity index is 1.82. The van der Waals surface area contributed by atoms with Gasteiger partial charge in [0.1, 0.15) is 0 Å². The van der Waals surface area contributed by atoms with Crippen LogP contribution in [0.4, 0.5) is 0 Å². The molecule has 0 saturated heterocycles. The van der Waals surface area contributed by atoms with E-state index in [1.807, 2.05) is 18.2 Å². The number of nitrogens with two attached hydrogens (primary N) is 1. The molecule has 1 fully saturated rings. The molecule has 5 nitrogen and oxygen atoms in total. The van der Waals surface area contributed by atoms with Crippen molar-refractivity contribution in [2.45, 2.75) is 44.9 Å². The lowest BCUT2D eigenvalue weighted by molar-refractivity contribution is -0.123. The van der Waals surface area contributed by atoms with Crippen molar-refractivity contribution in [3.8, 4) is 11.5 Å². The number of hydrogen-bond acceptors (Lipinski definition) is 4. The smallest absolute Gasteiger partial charge is 0.220 e. The number of rotatable bonds is 8. The minimum Gasteiger partial charge on any atom is -0.493 e. The molecule has 0 spiro atoms. The molecule has 3 N–H and O–H groups in total. The van der Waals surface area contributed by atoms with Crippen molar-refractivity contribution in [1.29, 1.82) is 0 Å². The Morgan fingerprint density at radius 1 is 1.17 bits per heavy atom. The van der Waals surface area contributed by atoms with Crippen LogP contribution in [-0.2, 0) is 11.2 Å². The third kappa shape index (κ3) is 4.87. The molecule has 0 bridgehead atoms. The van der Waals surface area contributed by atoms with Gasteiger partial charge in [0.2, 0.25) is 5.91 Å². The molecule has 1 amide bonds. The van der Waals surface area contributed by atoms with Crippen molar-refractivity contribution in [1.82, 2.24) is 5.32 Å². The van der Waals surface area contributed by atoms with Crippen LogP contribution >= 0.6 is 0 Å². The summed E-state index contributed by atoms with van der Waals surface area (Å²) < 4.78 is 10.5. The van der Waals surface area contributed by atoms with E-state index in [1.165, 1.54) is 19.3 Å². The zero-order valence-corrected chi connectivity index (χ0v) is 14.9. The second kappa shape index (κ2) is 8.92. The molecule has 24 heavy (non-hydrogen) atoms. The lowest BCUT2D eigenvalue weighted by atomic mass is 9.71. The first-order chi connectivity index (χ1) is 11.6. The number of nitrogens with one attached hydrogen (secondary N) is 1. The fourth-order valence-corrected chi connectivity index (χ4v) is 3.54. The topological polar surface area (TPSA) is 73.6 Å². The highest BCUT2D eigenvalue weighted by molar-refractivity contribution is 5.76. The molecule has 2 rings (SSSR count). The molecule has 1 saturated carbocycles. The molecule has 0 radical (unpaired) electrons. The van der Waals surface area contributed by atoms with E-state index in [1.54, 1.807) is 14.2 Å². The van der Waals surface area contributed by atoms with Gasteiger partial charge in [-0.1, -0.05) is 25.3 Å². The van der Waals surface area contributed by atoms with Crippen LogP contribution < -0.4 is 20.5 Å². The molecule has 0 atom stereocenters. The van der Waals surface area contributed by atoms with Crippen LogP contribution in [0.15, 0.2) is 18.2 Å². The molecule has 134 valence electrons. The van der Waals surface area contributed by atoms with E-state index in [0.717, 1.165) is 24.8 Å². The van der Waals surface area contributed by atoms with Crippen LogP contribution in [0.5, 0.6) is 11.5 Å². The number of hydrogen-bond donors (Lipinski definition) is 2. The van der Waals surface area contributed by atoms with Gasteiger partial charge in [0.25, 0.3) is 0 Å². The number of carbonyl (C=O) groups is 1. The first-order valence-corrected chi connectivity index (χ1v) is 8.80. The third-order valence-corrected chi connectivity index (χ3v) is 5.07. The third-order valence-electron chi connectivity index (χ3n) is 5.07. The second-order valence-corrected chi connectivity index (χ2v) is 6.73. The fraction of sp³-hybridized carbons (Fsp3) is 0.632. The van der Waals surface area contributed by atoms with Gasteiger partial charge < -0.3 is 20.5 Å². The zero-order chi connectivity index (χ0) is 17.4. The standard InChI is InChI=1S/C19H30N2O3/c1-23-16-7-6-15(12-17(16)24-2)8-11-21-18(22)13-19(14-20)9-4-3-5-10-19/h6-7,12H,3-5,8-11,13-14,20H2,1-2H3,(H,21,22). The number of amides is 1. The van der Waals surface area contributed by atoms with Crippen molar-refractivity contribution in [3.05, 3.63) is 23.8 Å². The summed E-state index contributed by atoms with van der Waals surface area (Å²) in [5.41, 5.74) is 7.09. The quantitative estimate of drug-likeness (QED) is 0.766. The van der Waals surface area contributed by atoms with E-state index >= 15 is 0 Å². The summed E-state index contributed by atoms with van der Waals surface area (Å²) in [7, 11) is 3.25. The van der Waals surface area contributed by atoms with E-state index in [2.05, 4.69) is 5.32 Å². The highest BCUT2D eigenvalue weighted by Crippen LogP contribution is 2.38. The van der Waals surface area contributed by atoms with Gasteiger partial charge in [-0.3, -0.25) is 4.79 Å². The van der Waals surface area contributed by atoms with E-state index in [-0.39, 0.29) is 11.3 Å². The number of ether oxygens (including phenoxy) is 2. The van der Waals surface area contributed by atoms with Gasteiger partial charge >= 0.3 is 0 Å². The Kier molecular flexibility index (Phi) is 6.91. The molecule has 0 heterocycles. The highest BCUT2D eigenvalue weighted by atomic mass is 16.5. The Labute approximate surface area is 144 Å². The summed E-state index contributed by atoms with van der Waals surface area (Å²) in [6.07, 6.45) is 7.12. The Bertz CT molecular complexity index is 539. The molecule has 1 aromatic carbocycles. The highest BCUT2D eigenvalue weighted by Gasteiger charge is 2.32. The van der Waals surface area contributed by atoms with Gasteiger partial charge in [-0.15, -0.1) is 0 Å². The van der Waals surface area contributed by atoms with Gasteiger partial charge in [0.15, 0.2) is 11.5 Å². The van der Waals surface area contributed by atoms with Crippen LogP contribution in [0.2, 0.25) is 0 Å². The normalized spacial score (nSPS) is 16.5. The van der Waals surface area contributed by atoms with Gasteiger partial charge in [0.05, 0.1) is 14.2 Å². The predicted octanol–water partition coefficient (Wildman–Crippen LogP) is 2.66. The average Bonchev–Trinajstić information content (AvgIpc) is 2.62. The number of methoxy groups -OCH3 is 2. The average molecular weight is 334 g/mol. The summed E-state index contributed by atoms with van der Waals surface area (Å²) >= 11 is 0. The lowest BCUT2D eigenvalue weighted by Gasteiger charge is -2.35. The molecule has 5 heteroatoms. The molecular formula is C19H30N2O3. The van der Waals surface area contributed by atoms with E-state index in [4.69, 9.17) is 15.2 Å². The predicted molar refractivity (Wildman–Crippen MR) is 95.4 cm³/mol. The summed E-state index contributed by atoms with van der Waals surface area (Å²) in [4.78, 5) is 12.3. The maximum absolute atomic E-state index is 12.3. The van der Waals surface area contributed by atoms with Gasteiger partial charge in [0, 0.05) is 13.0 Å². The van der Waals surface area contributed by atoms with Crippen molar-refractivity contribution in [2.24, 2.45) is 11.1 Å². The monoisotopic (exact) mass is 334 g/mol. The van der Waals surface area contributed by atoms with Crippen molar-refractivity contribution in [3.63, 3.8) is 0 Å². The SMILES string of the molecule is COc1ccc(CCNC(=O)CC2(CN)CCCCC2)cc1OC.